The SMILES string of the molecule is CCOc1ccc(C)cc1C(Br)c1cc2c(s1)CCC2. The first-order chi connectivity index (χ1) is 9.69. The van der Waals surface area contributed by atoms with Gasteiger partial charge in [-0.25, -0.2) is 0 Å². The number of aryl methyl sites for hydroxylation is 3. The molecule has 1 nitrogen and oxygen atoms in total. The molecule has 0 saturated carbocycles. The average Bonchev–Trinajstić information content (AvgIpc) is 3.01. The van der Waals surface area contributed by atoms with Crippen LogP contribution in [-0.4, -0.2) is 6.61 Å². The van der Waals surface area contributed by atoms with Crippen LogP contribution in [0.25, 0.3) is 0 Å². The Morgan fingerprint density at radius 2 is 2.15 bits per heavy atom. The van der Waals surface area contributed by atoms with Crippen LogP contribution in [0.15, 0.2) is 24.3 Å². The Morgan fingerprint density at radius 3 is 2.90 bits per heavy atom. The van der Waals surface area contributed by atoms with Crippen molar-refractivity contribution in [3.8, 4) is 5.75 Å². The summed E-state index contributed by atoms with van der Waals surface area (Å²) in [6, 6.07) is 8.81. The molecule has 0 bridgehead atoms. The lowest BCUT2D eigenvalue weighted by molar-refractivity contribution is 0.337. The van der Waals surface area contributed by atoms with Crippen molar-refractivity contribution in [3.63, 3.8) is 0 Å². The van der Waals surface area contributed by atoms with Gasteiger partial charge in [-0.1, -0.05) is 33.6 Å². The number of hydrogen-bond donors (Lipinski definition) is 0. The molecule has 1 aromatic carbocycles. The van der Waals surface area contributed by atoms with Gasteiger partial charge in [-0.05, 0) is 50.8 Å². The van der Waals surface area contributed by atoms with Crippen LogP contribution in [0.1, 0.15) is 44.6 Å². The van der Waals surface area contributed by atoms with Crippen LogP contribution in [0.5, 0.6) is 5.75 Å². The lowest BCUT2D eigenvalue weighted by atomic mass is 10.1. The monoisotopic (exact) mass is 350 g/mol. The molecule has 0 N–H and O–H groups in total. The summed E-state index contributed by atoms with van der Waals surface area (Å²) in [5, 5.41) is 0. The number of hydrogen-bond acceptors (Lipinski definition) is 2. The van der Waals surface area contributed by atoms with Gasteiger partial charge in [0.05, 0.1) is 11.4 Å². The minimum atomic E-state index is 0.236. The Balaban J connectivity index is 1.96. The number of alkyl halides is 1. The van der Waals surface area contributed by atoms with Crippen LogP contribution >= 0.6 is 27.3 Å². The van der Waals surface area contributed by atoms with Crippen molar-refractivity contribution >= 4 is 27.3 Å². The molecule has 3 rings (SSSR count). The first kappa shape index (κ1) is 14.2. The minimum absolute atomic E-state index is 0.236. The van der Waals surface area contributed by atoms with Gasteiger partial charge in [0.25, 0.3) is 0 Å². The minimum Gasteiger partial charge on any atom is -0.494 e. The number of ether oxygens (including phenoxy) is 1. The van der Waals surface area contributed by atoms with E-state index >= 15 is 0 Å². The maximum absolute atomic E-state index is 5.79. The number of halogens is 1. The Labute approximate surface area is 133 Å². The van der Waals surface area contributed by atoms with Gasteiger partial charge in [0.1, 0.15) is 5.75 Å². The maximum atomic E-state index is 5.79. The van der Waals surface area contributed by atoms with E-state index in [1.807, 2.05) is 18.3 Å². The summed E-state index contributed by atoms with van der Waals surface area (Å²) in [5.74, 6) is 0.994. The van der Waals surface area contributed by atoms with E-state index in [2.05, 4.69) is 47.1 Å². The highest BCUT2D eigenvalue weighted by Crippen LogP contribution is 2.43. The number of rotatable bonds is 4. The van der Waals surface area contributed by atoms with Gasteiger partial charge in [0.2, 0.25) is 0 Å². The van der Waals surface area contributed by atoms with E-state index in [0.717, 1.165) is 5.75 Å². The fraction of sp³-hybridized carbons (Fsp3) is 0.412. The molecule has 1 aliphatic rings. The van der Waals surface area contributed by atoms with E-state index in [1.54, 1.807) is 10.4 Å². The molecule has 0 aliphatic heterocycles. The quantitative estimate of drug-likeness (QED) is 0.668. The zero-order chi connectivity index (χ0) is 14.1. The third-order valence-electron chi connectivity index (χ3n) is 3.75. The molecule has 1 aromatic heterocycles. The molecule has 1 atom stereocenters. The zero-order valence-electron chi connectivity index (χ0n) is 11.9. The smallest absolute Gasteiger partial charge is 0.123 e. The van der Waals surface area contributed by atoms with Crippen LogP contribution in [0, 0.1) is 6.92 Å². The van der Waals surface area contributed by atoms with Gasteiger partial charge in [-0.3, -0.25) is 0 Å². The normalized spacial score (nSPS) is 15.2. The second-order valence-electron chi connectivity index (χ2n) is 5.29. The number of fused-ring (bicyclic) bond motifs is 1. The summed E-state index contributed by atoms with van der Waals surface area (Å²) in [7, 11) is 0. The lowest BCUT2D eigenvalue weighted by Gasteiger charge is -2.15. The molecule has 0 radical (unpaired) electrons. The van der Waals surface area contributed by atoms with Crippen LogP contribution in [-0.2, 0) is 12.8 Å². The Morgan fingerprint density at radius 1 is 1.30 bits per heavy atom. The van der Waals surface area contributed by atoms with Crippen molar-refractivity contribution in [1.29, 1.82) is 0 Å². The van der Waals surface area contributed by atoms with Gasteiger partial charge in [-0.2, -0.15) is 0 Å². The van der Waals surface area contributed by atoms with Crippen molar-refractivity contribution in [1.82, 2.24) is 0 Å². The third-order valence-corrected chi connectivity index (χ3v) is 6.35. The van der Waals surface area contributed by atoms with E-state index < -0.39 is 0 Å². The van der Waals surface area contributed by atoms with Crippen molar-refractivity contribution < 1.29 is 4.74 Å². The highest BCUT2D eigenvalue weighted by atomic mass is 79.9. The topological polar surface area (TPSA) is 9.23 Å². The van der Waals surface area contributed by atoms with Crippen LogP contribution in [0.3, 0.4) is 0 Å². The van der Waals surface area contributed by atoms with E-state index in [9.17, 15) is 0 Å². The first-order valence-electron chi connectivity index (χ1n) is 7.18. The summed E-state index contributed by atoms with van der Waals surface area (Å²) >= 11 is 5.84. The standard InChI is InChI=1S/C17H19BrOS/c1-3-19-14-8-7-11(2)9-13(14)17(18)16-10-12-5-4-6-15(12)20-16/h7-10,17H,3-6H2,1-2H3. The van der Waals surface area contributed by atoms with Crippen molar-refractivity contribution in [2.45, 2.75) is 37.9 Å². The van der Waals surface area contributed by atoms with E-state index in [0.29, 0.717) is 6.61 Å². The van der Waals surface area contributed by atoms with Gasteiger partial charge in [0, 0.05) is 15.3 Å². The lowest BCUT2D eigenvalue weighted by Crippen LogP contribution is -1.99. The van der Waals surface area contributed by atoms with E-state index in [1.165, 1.54) is 35.3 Å². The summed E-state index contributed by atoms with van der Waals surface area (Å²) in [5.41, 5.74) is 4.07. The van der Waals surface area contributed by atoms with Crippen molar-refractivity contribution in [2.24, 2.45) is 0 Å². The predicted octanol–water partition coefficient (Wildman–Crippen LogP) is 5.43. The number of thiophene rings is 1. The van der Waals surface area contributed by atoms with Crippen molar-refractivity contribution in [3.05, 3.63) is 50.7 Å². The van der Waals surface area contributed by atoms with Crippen LogP contribution < -0.4 is 4.74 Å². The molecule has 0 fully saturated rings. The fourth-order valence-electron chi connectivity index (χ4n) is 2.78. The van der Waals surface area contributed by atoms with Gasteiger partial charge in [0.15, 0.2) is 0 Å². The van der Waals surface area contributed by atoms with Crippen LogP contribution in [0.4, 0.5) is 0 Å². The Hall–Kier alpha value is -0.800. The van der Waals surface area contributed by atoms with E-state index in [-0.39, 0.29) is 4.83 Å². The molecule has 0 amide bonds. The number of benzene rings is 1. The molecule has 1 heterocycles. The predicted molar refractivity (Wildman–Crippen MR) is 89.5 cm³/mol. The maximum Gasteiger partial charge on any atom is 0.123 e. The molecule has 0 spiro atoms. The Kier molecular flexibility index (Phi) is 4.18. The highest BCUT2D eigenvalue weighted by molar-refractivity contribution is 9.09. The highest BCUT2D eigenvalue weighted by Gasteiger charge is 2.22. The molecule has 3 heteroatoms. The molecule has 1 unspecified atom stereocenters. The molecule has 2 aromatic rings. The van der Waals surface area contributed by atoms with E-state index in [4.69, 9.17) is 4.74 Å². The average molecular weight is 351 g/mol. The van der Waals surface area contributed by atoms with Gasteiger partial charge >= 0.3 is 0 Å². The molecule has 20 heavy (non-hydrogen) atoms. The Bertz CT molecular complexity index is 596. The zero-order valence-corrected chi connectivity index (χ0v) is 14.3. The summed E-state index contributed by atoms with van der Waals surface area (Å²) in [6.07, 6.45) is 3.83. The van der Waals surface area contributed by atoms with Crippen molar-refractivity contribution in [2.75, 3.05) is 6.61 Å². The van der Waals surface area contributed by atoms with Crippen LogP contribution in [0.2, 0.25) is 0 Å². The largest absolute Gasteiger partial charge is 0.494 e. The van der Waals surface area contributed by atoms with Gasteiger partial charge < -0.3 is 4.74 Å². The fourth-order valence-corrected chi connectivity index (χ4v) is 4.81. The summed E-state index contributed by atoms with van der Waals surface area (Å²) < 4.78 is 5.79. The summed E-state index contributed by atoms with van der Waals surface area (Å²) in [4.78, 5) is 3.22. The second-order valence-corrected chi connectivity index (χ2v) is 7.37. The molecule has 0 saturated heterocycles. The third kappa shape index (κ3) is 2.66. The summed E-state index contributed by atoms with van der Waals surface area (Å²) in [6.45, 7) is 4.87. The first-order valence-corrected chi connectivity index (χ1v) is 8.91. The molecular formula is C17H19BrOS. The molecular weight excluding hydrogens is 332 g/mol. The molecule has 106 valence electrons. The second kappa shape index (κ2) is 5.90. The van der Waals surface area contributed by atoms with Gasteiger partial charge in [-0.15, -0.1) is 11.3 Å². The molecule has 1 aliphatic carbocycles.